The zero-order valence-electron chi connectivity index (χ0n) is 11.6. The van der Waals surface area contributed by atoms with Crippen LogP contribution in [0.15, 0.2) is 0 Å². The Hall–Kier alpha value is -0.0800. The average Bonchev–Trinajstić information content (AvgIpc) is 2.76. The van der Waals surface area contributed by atoms with Gasteiger partial charge in [0, 0.05) is 19.1 Å². The molecular weight excluding hydrogens is 210 g/mol. The molecule has 2 nitrogen and oxygen atoms in total. The van der Waals surface area contributed by atoms with Crippen molar-refractivity contribution in [3.63, 3.8) is 0 Å². The zero-order chi connectivity index (χ0) is 12.3. The molecule has 3 atom stereocenters. The van der Waals surface area contributed by atoms with Crippen molar-refractivity contribution in [3.8, 4) is 0 Å². The molecule has 17 heavy (non-hydrogen) atoms. The molecule has 0 aromatic heterocycles. The molecule has 0 bridgehead atoms. The smallest absolute Gasteiger partial charge is 0.0669 e. The molecule has 1 saturated carbocycles. The molecule has 0 spiro atoms. The Morgan fingerprint density at radius 2 is 1.82 bits per heavy atom. The van der Waals surface area contributed by atoms with Gasteiger partial charge in [0.25, 0.3) is 0 Å². The van der Waals surface area contributed by atoms with E-state index in [2.05, 4.69) is 18.7 Å². The maximum Gasteiger partial charge on any atom is 0.0669 e. The first kappa shape index (κ1) is 13.4. The van der Waals surface area contributed by atoms with Gasteiger partial charge in [-0.25, -0.2) is 0 Å². The first-order valence-corrected chi connectivity index (χ1v) is 7.57. The van der Waals surface area contributed by atoms with E-state index < -0.39 is 0 Å². The number of aliphatic hydroxyl groups excluding tert-OH is 1. The summed E-state index contributed by atoms with van der Waals surface area (Å²) in [7, 11) is 0. The third-order valence-electron chi connectivity index (χ3n) is 4.77. The van der Waals surface area contributed by atoms with Crippen molar-refractivity contribution in [2.24, 2.45) is 11.8 Å². The second-order valence-corrected chi connectivity index (χ2v) is 6.53. The van der Waals surface area contributed by atoms with Crippen LogP contribution in [-0.4, -0.2) is 35.2 Å². The van der Waals surface area contributed by atoms with E-state index in [1.807, 2.05) is 0 Å². The summed E-state index contributed by atoms with van der Waals surface area (Å²) in [5.74, 6) is 1.62. The molecule has 0 aromatic carbocycles. The molecule has 2 fully saturated rings. The summed E-state index contributed by atoms with van der Waals surface area (Å²) in [5, 5.41) is 10.2. The van der Waals surface area contributed by atoms with Crippen molar-refractivity contribution in [2.75, 3.05) is 13.1 Å². The van der Waals surface area contributed by atoms with Crippen LogP contribution in [0.3, 0.4) is 0 Å². The lowest BCUT2D eigenvalue weighted by molar-refractivity contribution is 0.0457. The van der Waals surface area contributed by atoms with E-state index in [1.165, 1.54) is 45.1 Å². The van der Waals surface area contributed by atoms with Gasteiger partial charge in [-0.15, -0.1) is 0 Å². The van der Waals surface area contributed by atoms with Crippen molar-refractivity contribution in [1.82, 2.24) is 4.90 Å². The number of rotatable bonds is 4. The first-order valence-electron chi connectivity index (χ1n) is 7.57. The molecule has 1 heterocycles. The Bertz CT molecular complexity index is 225. The highest BCUT2D eigenvalue weighted by molar-refractivity contribution is 4.80. The minimum atomic E-state index is -0.0918. The van der Waals surface area contributed by atoms with Crippen LogP contribution in [0.1, 0.15) is 58.8 Å². The molecule has 0 aromatic rings. The van der Waals surface area contributed by atoms with Crippen molar-refractivity contribution >= 4 is 0 Å². The first-order chi connectivity index (χ1) is 8.15. The third kappa shape index (κ3) is 3.96. The van der Waals surface area contributed by atoms with E-state index >= 15 is 0 Å². The number of likely N-dealkylation sites (tertiary alicyclic amines) is 1. The van der Waals surface area contributed by atoms with Gasteiger partial charge in [-0.2, -0.15) is 0 Å². The lowest BCUT2D eigenvalue weighted by Crippen LogP contribution is -2.45. The summed E-state index contributed by atoms with van der Waals surface area (Å²) in [4.78, 5) is 2.51. The normalized spacial score (nSPS) is 34.1. The van der Waals surface area contributed by atoms with Gasteiger partial charge in [0.2, 0.25) is 0 Å². The van der Waals surface area contributed by atoms with Crippen molar-refractivity contribution in [1.29, 1.82) is 0 Å². The molecule has 3 unspecified atom stereocenters. The molecule has 1 aliphatic carbocycles. The number of nitrogens with zero attached hydrogens (tertiary/aromatic N) is 1. The molecular formula is C15H29NO. The van der Waals surface area contributed by atoms with Gasteiger partial charge in [0.1, 0.15) is 0 Å². The van der Waals surface area contributed by atoms with Crippen LogP contribution in [0.5, 0.6) is 0 Å². The number of hydrogen-bond acceptors (Lipinski definition) is 2. The molecule has 2 rings (SSSR count). The predicted molar refractivity (Wildman–Crippen MR) is 72.0 cm³/mol. The van der Waals surface area contributed by atoms with Crippen LogP contribution in [0, 0.1) is 11.8 Å². The summed E-state index contributed by atoms with van der Waals surface area (Å²) >= 11 is 0. The van der Waals surface area contributed by atoms with Crippen LogP contribution in [0.25, 0.3) is 0 Å². The summed E-state index contributed by atoms with van der Waals surface area (Å²) in [6.45, 7) is 6.74. The van der Waals surface area contributed by atoms with Gasteiger partial charge in [0.05, 0.1) is 6.10 Å². The average molecular weight is 239 g/mol. The Labute approximate surface area is 106 Å². The number of hydrogen-bond donors (Lipinski definition) is 1. The third-order valence-corrected chi connectivity index (χ3v) is 4.77. The molecule has 1 N–H and O–H groups in total. The molecule has 0 amide bonds. The van der Waals surface area contributed by atoms with Crippen LogP contribution < -0.4 is 0 Å². The standard InChI is InChI=1S/C15H29NO/c1-12-7-8-13(2)16(10-12)11-15(17)9-14-5-3-4-6-14/h12-15,17H,3-11H2,1-2H3. The lowest BCUT2D eigenvalue weighted by Gasteiger charge is -2.38. The van der Waals surface area contributed by atoms with E-state index in [4.69, 9.17) is 0 Å². The second-order valence-electron chi connectivity index (χ2n) is 6.53. The van der Waals surface area contributed by atoms with Gasteiger partial charge in [0.15, 0.2) is 0 Å². The maximum absolute atomic E-state index is 10.2. The second kappa shape index (κ2) is 6.19. The summed E-state index contributed by atoms with van der Waals surface area (Å²) < 4.78 is 0. The van der Waals surface area contributed by atoms with Crippen molar-refractivity contribution in [3.05, 3.63) is 0 Å². The molecule has 100 valence electrons. The minimum Gasteiger partial charge on any atom is -0.392 e. The topological polar surface area (TPSA) is 23.5 Å². The largest absolute Gasteiger partial charge is 0.392 e. The van der Waals surface area contributed by atoms with Gasteiger partial charge in [-0.1, -0.05) is 32.6 Å². The monoisotopic (exact) mass is 239 g/mol. The van der Waals surface area contributed by atoms with Gasteiger partial charge in [-0.05, 0) is 38.0 Å². The van der Waals surface area contributed by atoms with Crippen LogP contribution >= 0.6 is 0 Å². The number of piperidine rings is 1. The lowest BCUT2D eigenvalue weighted by atomic mass is 9.93. The molecule has 2 heteroatoms. The van der Waals surface area contributed by atoms with Gasteiger partial charge < -0.3 is 5.11 Å². The molecule has 2 aliphatic rings. The SMILES string of the molecule is CC1CCC(C)N(CC(O)CC2CCCC2)C1. The minimum absolute atomic E-state index is 0.0918. The van der Waals surface area contributed by atoms with E-state index in [1.54, 1.807) is 0 Å². The Balaban J connectivity index is 1.74. The van der Waals surface area contributed by atoms with E-state index in [0.717, 1.165) is 24.8 Å². The summed E-state index contributed by atoms with van der Waals surface area (Å²) in [6.07, 6.45) is 9.08. The Morgan fingerprint density at radius 3 is 2.53 bits per heavy atom. The number of aliphatic hydroxyl groups is 1. The van der Waals surface area contributed by atoms with Crippen LogP contribution in [0.4, 0.5) is 0 Å². The van der Waals surface area contributed by atoms with E-state index in [-0.39, 0.29) is 6.10 Å². The van der Waals surface area contributed by atoms with Crippen LogP contribution in [-0.2, 0) is 0 Å². The highest BCUT2D eigenvalue weighted by Crippen LogP contribution is 2.29. The fourth-order valence-corrected chi connectivity index (χ4v) is 3.61. The Kier molecular flexibility index (Phi) is 4.87. The Morgan fingerprint density at radius 1 is 1.12 bits per heavy atom. The fourth-order valence-electron chi connectivity index (χ4n) is 3.61. The maximum atomic E-state index is 10.2. The van der Waals surface area contributed by atoms with Crippen LogP contribution in [0.2, 0.25) is 0 Å². The van der Waals surface area contributed by atoms with Crippen molar-refractivity contribution in [2.45, 2.75) is 70.9 Å². The van der Waals surface area contributed by atoms with E-state index in [0.29, 0.717) is 6.04 Å². The highest BCUT2D eigenvalue weighted by atomic mass is 16.3. The van der Waals surface area contributed by atoms with E-state index in [9.17, 15) is 5.11 Å². The predicted octanol–water partition coefficient (Wildman–Crippen LogP) is 3.05. The number of β-amino-alcohol motifs (C(OH)–C–C–N with tert-alkyl or cyclic N) is 1. The molecule has 0 radical (unpaired) electrons. The zero-order valence-corrected chi connectivity index (χ0v) is 11.6. The van der Waals surface area contributed by atoms with Crippen molar-refractivity contribution < 1.29 is 5.11 Å². The summed E-state index contributed by atoms with van der Waals surface area (Å²) in [5.41, 5.74) is 0. The highest BCUT2D eigenvalue weighted by Gasteiger charge is 2.26. The molecule has 1 saturated heterocycles. The van der Waals surface area contributed by atoms with Gasteiger partial charge in [-0.3, -0.25) is 4.90 Å². The van der Waals surface area contributed by atoms with Gasteiger partial charge >= 0.3 is 0 Å². The quantitative estimate of drug-likeness (QED) is 0.815. The fraction of sp³-hybridized carbons (Fsp3) is 1.00. The summed E-state index contributed by atoms with van der Waals surface area (Å²) in [6, 6.07) is 0.671. The molecule has 1 aliphatic heterocycles.